The Kier molecular flexibility index (Phi) is 7.40. The van der Waals surface area contributed by atoms with E-state index < -0.39 is 5.60 Å². The van der Waals surface area contributed by atoms with E-state index in [1.165, 1.54) is 6.33 Å². The highest BCUT2D eigenvalue weighted by molar-refractivity contribution is 6.33. The molecule has 4 aromatic rings. The quantitative estimate of drug-likeness (QED) is 0.216. The summed E-state index contributed by atoms with van der Waals surface area (Å²) in [5.74, 6) is 1.87. The molecule has 10 nitrogen and oxygen atoms in total. The summed E-state index contributed by atoms with van der Waals surface area (Å²) in [7, 11) is 0. The van der Waals surface area contributed by atoms with Gasteiger partial charge in [0.1, 0.15) is 35.7 Å². The third-order valence-corrected chi connectivity index (χ3v) is 9.17. The number of aromatic nitrogens is 4. The molecule has 4 heterocycles. The van der Waals surface area contributed by atoms with Gasteiger partial charge in [-0.2, -0.15) is 4.98 Å². The molecule has 0 unspecified atom stereocenters. The van der Waals surface area contributed by atoms with Crippen LogP contribution in [-0.2, 0) is 11.3 Å². The fourth-order valence-electron chi connectivity index (χ4n) is 6.10. The van der Waals surface area contributed by atoms with E-state index in [0.29, 0.717) is 46.8 Å². The van der Waals surface area contributed by atoms with E-state index in [0.717, 1.165) is 56.6 Å². The molecule has 1 aliphatic carbocycles. The minimum absolute atomic E-state index is 0.0931. The van der Waals surface area contributed by atoms with Gasteiger partial charge in [-0.1, -0.05) is 41.9 Å². The number of imidazole rings is 1. The van der Waals surface area contributed by atoms with Crippen LogP contribution in [0.15, 0.2) is 54.9 Å². The number of halogens is 1. The predicted octanol–water partition coefficient (Wildman–Crippen LogP) is 6.20. The fourth-order valence-corrected chi connectivity index (χ4v) is 6.35. The number of benzene rings is 2. The van der Waals surface area contributed by atoms with Crippen LogP contribution in [0.1, 0.15) is 52.5 Å². The van der Waals surface area contributed by atoms with Crippen LogP contribution in [0, 0.1) is 0 Å². The van der Waals surface area contributed by atoms with E-state index in [4.69, 9.17) is 30.8 Å². The fraction of sp³-hybridized carbons (Fsp3) is 0.471. The number of carbonyl (C=O) groups excluding carboxylic acids is 1. The Balaban J connectivity index is 1.04. The van der Waals surface area contributed by atoms with Crippen molar-refractivity contribution >= 4 is 28.9 Å². The minimum atomic E-state index is -0.490. The van der Waals surface area contributed by atoms with Crippen LogP contribution in [0.3, 0.4) is 0 Å². The highest BCUT2D eigenvalue weighted by Crippen LogP contribution is 2.42. The van der Waals surface area contributed by atoms with Crippen LogP contribution in [0.4, 0.5) is 4.79 Å². The molecular formula is C34H39ClN6O4. The maximum atomic E-state index is 12.6. The number of nitrogens with zero attached hydrogens (tertiary/aromatic N) is 6. The first-order valence-corrected chi connectivity index (χ1v) is 16.0. The van der Waals surface area contributed by atoms with Gasteiger partial charge in [0.25, 0.3) is 0 Å². The van der Waals surface area contributed by atoms with Gasteiger partial charge in [-0.25, -0.2) is 14.8 Å². The minimum Gasteiger partial charge on any atom is -0.492 e. The number of hydrogen-bond donors (Lipinski definition) is 0. The SMILES string of the molecule is CC(C)(C)OC(=O)N1CCC12CN(CCOc1ccc(-c3nc4c(OC5(C)CC5)ncnc4n3Cc3ccccc3)c(Cl)c1)C2. The van der Waals surface area contributed by atoms with Gasteiger partial charge in [0.2, 0.25) is 5.88 Å². The van der Waals surface area contributed by atoms with E-state index in [1.54, 1.807) is 0 Å². The highest BCUT2D eigenvalue weighted by Gasteiger charge is 2.56. The molecule has 2 aromatic carbocycles. The summed E-state index contributed by atoms with van der Waals surface area (Å²) >= 11 is 6.90. The summed E-state index contributed by atoms with van der Waals surface area (Å²) in [4.78, 5) is 30.8. The van der Waals surface area contributed by atoms with E-state index in [1.807, 2.05) is 62.1 Å². The molecule has 2 saturated heterocycles. The number of hydrogen-bond acceptors (Lipinski definition) is 8. The summed E-state index contributed by atoms with van der Waals surface area (Å²) < 4.78 is 20.0. The first-order valence-electron chi connectivity index (χ1n) is 15.6. The van der Waals surface area contributed by atoms with Crippen LogP contribution in [0.5, 0.6) is 11.6 Å². The van der Waals surface area contributed by atoms with E-state index in [9.17, 15) is 4.79 Å². The second kappa shape index (κ2) is 11.2. The molecule has 0 radical (unpaired) electrons. The van der Waals surface area contributed by atoms with Crippen LogP contribution in [0.25, 0.3) is 22.6 Å². The molecule has 11 heteroatoms. The van der Waals surface area contributed by atoms with Crippen molar-refractivity contribution in [1.29, 1.82) is 0 Å². The Labute approximate surface area is 268 Å². The van der Waals surface area contributed by atoms with Crippen molar-refractivity contribution in [2.75, 3.05) is 32.8 Å². The van der Waals surface area contributed by atoms with Crippen LogP contribution >= 0.6 is 11.6 Å². The lowest BCUT2D eigenvalue weighted by molar-refractivity contribution is -0.120. The van der Waals surface area contributed by atoms with Crippen molar-refractivity contribution in [1.82, 2.24) is 29.3 Å². The zero-order chi connectivity index (χ0) is 31.4. The maximum Gasteiger partial charge on any atom is 0.410 e. The molecule has 0 N–H and O–H groups in total. The maximum absolute atomic E-state index is 12.6. The Hall–Kier alpha value is -3.89. The molecule has 0 atom stereocenters. The van der Waals surface area contributed by atoms with Gasteiger partial charge in [-0.15, -0.1) is 0 Å². The standard InChI is InChI=1S/C34H39ClN6O4/c1-32(2,3)45-31(42)41-15-14-34(41)20-39(21-34)16-17-43-24-10-11-25(26(35)18-24)28-38-27-29(40(28)19-23-8-6-5-7-9-23)36-22-37-30(27)44-33(4)12-13-33/h5-11,18,22H,12-17,19-21H2,1-4H3. The highest BCUT2D eigenvalue weighted by atomic mass is 35.5. The molecule has 2 aliphatic heterocycles. The second-order valence-electron chi connectivity index (χ2n) is 13.7. The van der Waals surface area contributed by atoms with E-state index in [2.05, 4.69) is 38.5 Å². The molecule has 236 valence electrons. The van der Waals surface area contributed by atoms with E-state index >= 15 is 0 Å². The predicted molar refractivity (Wildman–Crippen MR) is 172 cm³/mol. The van der Waals surface area contributed by atoms with Crippen LogP contribution < -0.4 is 9.47 Å². The van der Waals surface area contributed by atoms with Crippen molar-refractivity contribution < 1.29 is 19.0 Å². The Morgan fingerprint density at radius 3 is 2.49 bits per heavy atom. The molecule has 7 rings (SSSR count). The van der Waals surface area contributed by atoms with Crippen molar-refractivity contribution in [2.24, 2.45) is 0 Å². The van der Waals surface area contributed by atoms with Gasteiger partial charge in [0.05, 0.1) is 17.1 Å². The first-order chi connectivity index (χ1) is 21.5. The number of ether oxygens (including phenoxy) is 3. The summed E-state index contributed by atoms with van der Waals surface area (Å²) in [6.07, 6.45) is 4.31. The number of likely N-dealkylation sites (tertiary alicyclic amines) is 2. The van der Waals surface area contributed by atoms with Crippen LogP contribution in [0.2, 0.25) is 5.02 Å². The Morgan fingerprint density at radius 2 is 1.82 bits per heavy atom. The van der Waals surface area contributed by atoms with Gasteiger partial charge < -0.3 is 18.8 Å². The molecule has 1 spiro atoms. The lowest BCUT2D eigenvalue weighted by atomic mass is 9.78. The van der Waals surface area contributed by atoms with Gasteiger partial charge in [0, 0.05) is 31.7 Å². The van der Waals surface area contributed by atoms with Gasteiger partial charge >= 0.3 is 6.09 Å². The first kappa shape index (κ1) is 29.8. The number of rotatable bonds is 9. The van der Waals surface area contributed by atoms with Crippen molar-refractivity contribution in [3.8, 4) is 23.0 Å². The Morgan fingerprint density at radius 1 is 1.04 bits per heavy atom. The summed E-state index contributed by atoms with van der Waals surface area (Å²) in [5, 5.41) is 0.534. The average Bonchev–Trinajstić information content (AvgIpc) is 3.56. The van der Waals surface area contributed by atoms with Crippen molar-refractivity contribution in [2.45, 2.75) is 70.2 Å². The number of amides is 1. The van der Waals surface area contributed by atoms with E-state index in [-0.39, 0.29) is 17.2 Å². The average molecular weight is 631 g/mol. The monoisotopic (exact) mass is 630 g/mol. The summed E-state index contributed by atoms with van der Waals surface area (Å²) in [6.45, 7) is 12.1. The zero-order valence-corrected chi connectivity index (χ0v) is 27.0. The molecule has 1 amide bonds. The molecule has 45 heavy (non-hydrogen) atoms. The smallest absolute Gasteiger partial charge is 0.410 e. The van der Waals surface area contributed by atoms with Gasteiger partial charge in [0.15, 0.2) is 11.2 Å². The number of carbonyl (C=O) groups is 1. The summed E-state index contributed by atoms with van der Waals surface area (Å²) in [6, 6.07) is 15.9. The normalized spacial score (nSPS) is 18.4. The molecule has 0 bridgehead atoms. The largest absolute Gasteiger partial charge is 0.492 e. The molecule has 3 aliphatic rings. The Bertz CT molecular complexity index is 1730. The third-order valence-electron chi connectivity index (χ3n) is 8.86. The summed E-state index contributed by atoms with van der Waals surface area (Å²) in [5.41, 5.74) is 2.43. The number of fused-ring (bicyclic) bond motifs is 1. The van der Waals surface area contributed by atoms with Gasteiger partial charge in [-0.3, -0.25) is 9.80 Å². The van der Waals surface area contributed by atoms with Crippen molar-refractivity contribution in [3.05, 3.63) is 65.4 Å². The molecule has 1 saturated carbocycles. The lowest BCUT2D eigenvalue weighted by Gasteiger charge is -2.62. The van der Waals surface area contributed by atoms with Gasteiger partial charge in [-0.05, 0) is 70.7 Å². The topological polar surface area (TPSA) is 94.8 Å². The zero-order valence-electron chi connectivity index (χ0n) is 26.3. The molecule has 3 fully saturated rings. The van der Waals surface area contributed by atoms with Crippen molar-refractivity contribution in [3.63, 3.8) is 0 Å². The second-order valence-corrected chi connectivity index (χ2v) is 14.1. The third kappa shape index (κ3) is 6.05. The molecular weight excluding hydrogens is 592 g/mol. The lowest BCUT2D eigenvalue weighted by Crippen LogP contribution is -2.78. The molecule has 2 aromatic heterocycles. The van der Waals surface area contributed by atoms with Crippen LogP contribution in [-0.4, -0.2) is 84.9 Å².